The Morgan fingerprint density at radius 3 is 2.47 bits per heavy atom. The van der Waals surface area contributed by atoms with Gasteiger partial charge in [0.15, 0.2) is 0 Å². The first-order valence-corrected chi connectivity index (χ1v) is 6.22. The van der Waals surface area contributed by atoms with Crippen LogP contribution < -0.4 is 5.32 Å². The molecular formula is C15H13FN2O. The average Bonchev–Trinajstić information content (AvgIpc) is 2.81. The first kappa shape index (κ1) is 11.8. The van der Waals surface area contributed by atoms with Crippen molar-refractivity contribution in [2.75, 3.05) is 0 Å². The van der Waals surface area contributed by atoms with Gasteiger partial charge in [0.2, 0.25) is 5.95 Å². The molecule has 1 N–H and O–H groups in total. The minimum Gasteiger partial charge on any atom is -0.348 e. The SMILES string of the molecule is O=C(NC1Cc2ccccc2C1)c1cccnc1F. The summed E-state index contributed by atoms with van der Waals surface area (Å²) >= 11 is 0. The standard InChI is InChI=1S/C15H13FN2O/c16-14-13(6-3-7-17-14)15(19)18-12-8-10-4-1-2-5-11(10)9-12/h1-7,12H,8-9H2,(H,18,19). The van der Waals surface area contributed by atoms with E-state index in [9.17, 15) is 9.18 Å². The van der Waals surface area contributed by atoms with Crippen molar-refractivity contribution in [3.63, 3.8) is 0 Å². The van der Waals surface area contributed by atoms with E-state index in [1.807, 2.05) is 12.1 Å². The molecule has 1 aromatic carbocycles. The number of carbonyl (C=O) groups excluding carboxylic acids is 1. The Balaban J connectivity index is 1.71. The molecule has 1 heterocycles. The summed E-state index contributed by atoms with van der Waals surface area (Å²) in [6, 6.07) is 11.1. The predicted octanol–water partition coefficient (Wildman–Crippen LogP) is 2.12. The third-order valence-corrected chi connectivity index (χ3v) is 3.39. The Labute approximate surface area is 110 Å². The van der Waals surface area contributed by atoms with Crippen molar-refractivity contribution in [2.24, 2.45) is 0 Å². The first-order valence-electron chi connectivity index (χ1n) is 6.22. The molecule has 0 spiro atoms. The highest BCUT2D eigenvalue weighted by Gasteiger charge is 2.23. The Morgan fingerprint density at radius 2 is 1.84 bits per heavy atom. The summed E-state index contributed by atoms with van der Waals surface area (Å²) in [5.41, 5.74) is 2.50. The van der Waals surface area contributed by atoms with Crippen LogP contribution in [0.4, 0.5) is 4.39 Å². The lowest BCUT2D eigenvalue weighted by Gasteiger charge is -2.12. The van der Waals surface area contributed by atoms with Crippen molar-refractivity contribution >= 4 is 5.91 Å². The normalized spacial score (nSPS) is 14.2. The molecule has 1 aliphatic rings. The number of rotatable bonds is 2. The summed E-state index contributed by atoms with van der Waals surface area (Å²) in [5.74, 6) is -1.13. The van der Waals surface area contributed by atoms with E-state index in [0.29, 0.717) is 0 Å². The Kier molecular flexibility index (Phi) is 2.99. The van der Waals surface area contributed by atoms with Gasteiger partial charge in [0.1, 0.15) is 0 Å². The Hall–Kier alpha value is -2.23. The van der Waals surface area contributed by atoms with E-state index in [1.54, 1.807) is 6.07 Å². The highest BCUT2D eigenvalue weighted by molar-refractivity contribution is 5.94. The smallest absolute Gasteiger partial charge is 0.256 e. The number of pyridine rings is 1. The molecule has 96 valence electrons. The highest BCUT2D eigenvalue weighted by atomic mass is 19.1. The zero-order chi connectivity index (χ0) is 13.2. The van der Waals surface area contributed by atoms with Crippen molar-refractivity contribution in [3.05, 3.63) is 65.2 Å². The molecular weight excluding hydrogens is 243 g/mol. The van der Waals surface area contributed by atoms with Crippen molar-refractivity contribution < 1.29 is 9.18 Å². The fourth-order valence-electron chi connectivity index (χ4n) is 2.48. The van der Waals surface area contributed by atoms with Crippen LogP contribution in [-0.2, 0) is 12.8 Å². The van der Waals surface area contributed by atoms with E-state index in [4.69, 9.17) is 0 Å². The number of nitrogens with zero attached hydrogens (tertiary/aromatic N) is 1. The monoisotopic (exact) mass is 256 g/mol. The second-order valence-electron chi connectivity index (χ2n) is 4.69. The molecule has 0 radical (unpaired) electrons. The van der Waals surface area contributed by atoms with Gasteiger partial charge in [0.25, 0.3) is 5.91 Å². The van der Waals surface area contributed by atoms with E-state index in [1.165, 1.54) is 23.4 Å². The largest absolute Gasteiger partial charge is 0.348 e. The number of carbonyl (C=O) groups is 1. The van der Waals surface area contributed by atoms with Crippen molar-refractivity contribution in [1.29, 1.82) is 0 Å². The zero-order valence-corrected chi connectivity index (χ0v) is 10.3. The van der Waals surface area contributed by atoms with Crippen LogP contribution in [0.25, 0.3) is 0 Å². The van der Waals surface area contributed by atoms with Crippen LogP contribution >= 0.6 is 0 Å². The number of nitrogens with one attached hydrogen (secondary N) is 1. The molecule has 3 rings (SSSR count). The Bertz CT molecular complexity index is 602. The van der Waals surface area contributed by atoms with Gasteiger partial charge in [-0.3, -0.25) is 4.79 Å². The minimum atomic E-state index is -0.726. The molecule has 0 saturated carbocycles. The summed E-state index contributed by atoms with van der Waals surface area (Å²) in [4.78, 5) is 15.5. The first-order chi connectivity index (χ1) is 9.24. The number of aromatic nitrogens is 1. The van der Waals surface area contributed by atoms with Crippen molar-refractivity contribution in [2.45, 2.75) is 18.9 Å². The summed E-state index contributed by atoms with van der Waals surface area (Å²) in [7, 11) is 0. The van der Waals surface area contributed by atoms with Gasteiger partial charge in [-0.25, -0.2) is 4.98 Å². The second kappa shape index (κ2) is 4.80. The van der Waals surface area contributed by atoms with Gasteiger partial charge in [0.05, 0.1) is 5.56 Å². The molecule has 19 heavy (non-hydrogen) atoms. The fraction of sp³-hybridized carbons (Fsp3) is 0.200. The maximum absolute atomic E-state index is 13.4. The lowest BCUT2D eigenvalue weighted by atomic mass is 10.1. The molecule has 2 aromatic rings. The number of benzene rings is 1. The minimum absolute atomic E-state index is 0.00143. The molecule has 1 aliphatic carbocycles. The van der Waals surface area contributed by atoms with Gasteiger partial charge in [-0.2, -0.15) is 4.39 Å². The maximum atomic E-state index is 13.4. The molecule has 4 heteroatoms. The van der Waals surface area contributed by atoms with Crippen LogP contribution in [0.5, 0.6) is 0 Å². The van der Waals surface area contributed by atoms with E-state index < -0.39 is 11.9 Å². The summed E-state index contributed by atoms with van der Waals surface area (Å²) in [6.45, 7) is 0. The second-order valence-corrected chi connectivity index (χ2v) is 4.69. The van der Waals surface area contributed by atoms with Gasteiger partial charge in [-0.15, -0.1) is 0 Å². The number of fused-ring (bicyclic) bond motifs is 1. The summed E-state index contributed by atoms with van der Waals surface area (Å²) in [6.07, 6.45) is 2.92. The van der Waals surface area contributed by atoms with E-state index in [0.717, 1.165) is 12.8 Å². The molecule has 1 aromatic heterocycles. The van der Waals surface area contributed by atoms with E-state index >= 15 is 0 Å². The predicted molar refractivity (Wildman–Crippen MR) is 69.3 cm³/mol. The van der Waals surface area contributed by atoms with Crippen LogP contribution in [0.15, 0.2) is 42.6 Å². The molecule has 0 saturated heterocycles. The fourth-order valence-corrected chi connectivity index (χ4v) is 2.48. The third kappa shape index (κ3) is 2.34. The van der Waals surface area contributed by atoms with E-state index in [-0.39, 0.29) is 11.6 Å². The number of hydrogen-bond donors (Lipinski definition) is 1. The van der Waals surface area contributed by atoms with Gasteiger partial charge in [-0.1, -0.05) is 24.3 Å². The van der Waals surface area contributed by atoms with Crippen molar-refractivity contribution in [3.8, 4) is 0 Å². The van der Waals surface area contributed by atoms with Crippen LogP contribution in [0.1, 0.15) is 21.5 Å². The number of amides is 1. The lowest BCUT2D eigenvalue weighted by Crippen LogP contribution is -2.35. The van der Waals surface area contributed by atoms with Gasteiger partial charge >= 0.3 is 0 Å². The number of hydrogen-bond acceptors (Lipinski definition) is 2. The zero-order valence-electron chi connectivity index (χ0n) is 10.3. The van der Waals surface area contributed by atoms with Crippen molar-refractivity contribution in [1.82, 2.24) is 10.3 Å². The topological polar surface area (TPSA) is 42.0 Å². The van der Waals surface area contributed by atoms with E-state index in [2.05, 4.69) is 22.4 Å². The lowest BCUT2D eigenvalue weighted by molar-refractivity contribution is 0.0933. The molecule has 0 atom stereocenters. The molecule has 0 unspecified atom stereocenters. The number of halogens is 1. The van der Waals surface area contributed by atoms with Gasteiger partial charge < -0.3 is 5.32 Å². The highest BCUT2D eigenvalue weighted by Crippen LogP contribution is 2.21. The maximum Gasteiger partial charge on any atom is 0.256 e. The molecule has 0 aliphatic heterocycles. The summed E-state index contributed by atoms with van der Waals surface area (Å²) in [5, 5.41) is 2.86. The summed E-state index contributed by atoms with van der Waals surface area (Å²) < 4.78 is 13.4. The molecule has 0 bridgehead atoms. The third-order valence-electron chi connectivity index (χ3n) is 3.39. The quantitative estimate of drug-likeness (QED) is 0.836. The molecule has 0 fully saturated rings. The van der Waals surface area contributed by atoms with Crippen LogP contribution in [-0.4, -0.2) is 16.9 Å². The molecule has 1 amide bonds. The molecule has 3 nitrogen and oxygen atoms in total. The van der Waals surface area contributed by atoms with Crippen LogP contribution in [0.3, 0.4) is 0 Å². The van der Waals surface area contributed by atoms with Gasteiger partial charge in [0, 0.05) is 12.2 Å². The van der Waals surface area contributed by atoms with Crippen LogP contribution in [0, 0.1) is 5.95 Å². The Morgan fingerprint density at radius 1 is 1.16 bits per heavy atom. The average molecular weight is 256 g/mol. The van der Waals surface area contributed by atoms with Crippen LogP contribution in [0.2, 0.25) is 0 Å². The van der Waals surface area contributed by atoms with Gasteiger partial charge in [-0.05, 0) is 36.1 Å².